The molecule has 1 heterocycles. The van der Waals surface area contributed by atoms with Gasteiger partial charge in [-0.1, -0.05) is 19.9 Å². The first-order valence-electron chi connectivity index (χ1n) is 6.96. The smallest absolute Gasteiger partial charge is 0.0910 e. The number of nitrogens with zero attached hydrogens (tertiary/aromatic N) is 1. The van der Waals surface area contributed by atoms with Crippen molar-refractivity contribution in [3.63, 3.8) is 0 Å². The molecular weight excluding hydrogens is 226 g/mol. The summed E-state index contributed by atoms with van der Waals surface area (Å²) in [6.45, 7) is 3.85. The first-order valence-corrected chi connectivity index (χ1v) is 6.96. The minimum Gasteiger partial charge on any atom is -0.389 e. The maximum Gasteiger partial charge on any atom is 0.0910 e. The van der Waals surface area contributed by atoms with Crippen LogP contribution in [0.1, 0.15) is 56.7 Å². The van der Waals surface area contributed by atoms with Gasteiger partial charge in [-0.25, -0.2) is 0 Å². The van der Waals surface area contributed by atoms with Crippen LogP contribution in [0.4, 0.5) is 0 Å². The molecule has 2 atom stereocenters. The Morgan fingerprint density at radius 1 is 1.44 bits per heavy atom. The van der Waals surface area contributed by atoms with E-state index in [0.29, 0.717) is 12.8 Å². The van der Waals surface area contributed by atoms with Crippen LogP contribution in [0.25, 0.3) is 0 Å². The van der Waals surface area contributed by atoms with Crippen molar-refractivity contribution in [1.82, 2.24) is 4.98 Å². The van der Waals surface area contributed by atoms with Crippen molar-refractivity contribution in [3.8, 4) is 0 Å². The normalized spacial score (nSPS) is 21.4. The van der Waals surface area contributed by atoms with Gasteiger partial charge in [-0.05, 0) is 43.7 Å². The van der Waals surface area contributed by atoms with Crippen molar-refractivity contribution >= 4 is 0 Å². The van der Waals surface area contributed by atoms with Crippen LogP contribution in [0, 0.1) is 0 Å². The predicted octanol–water partition coefficient (Wildman–Crippen LogP) is 2.41. The number of pyridine rings is 1. The van der Waals surface area contributed by atoms with Crippen LogP contribution in [0.2, 0.25) is 0 Å². The van der Waals surface area contributed by atoms with Crippen molar-refractivity contribution in [2.45, 2.75) is 63.6 Å². The number of fused-ring (bicyclic) bond motifs is 1. The molecule has 100 valence electrons. The van der Waals surface area contributed by atoms with Crippen LogP contribution in [0.15, 0.2) is 18.3 Å². The zero-order chi connectivity index (χ0) is 13.2. The molecule has 0 aliphatic heterocycles. The third-order valence-electron chi connectivity index (χ3n) is 4.39. The molecule has 0 saturated heterocycles. The van der Waals surface area contributed by atoms with Gasteiger partial charge in [-0.3, -0.25) is 4.98 Å². The lowest BCUT2D eigenvalue weighted by molar-refractivity contribution is -0.0936. The molecule has 0 aromatic carbocycles. The highest BCUT2D eigenvalue weighted by molar-refractivity contribution is 5.27. The van der Waals surface area contributed by atoms with Crippen molar-refractivity contribution in [1.29, 1.82) is 0 Å². The first-order chi connectivity index (χ1) is 8.62. The van der Waals surface area contributed by atoms with E-state index in [2.05, 4.69) is 11.1 Å². The van der Waals surface area contributed by atoms with Crippen LogP contribution in [0.5, 0.6) is 0 Å². The Labute approximate surface area is 109 Å². The second-order valence-corrected chi connectivity index (χ2v) is 5.30. The molecule has 0 fully saturated rings. The molecule has 0 amide bonds. The average Bonchev–Trinajstić information content (AvgIpc) is 2.45. The summed E-state index contributed by atoms with van der Waals surface area (Å²) in [5.74, 6) is -0.0279. The second kappa shape index (κ2) is 5.37. The Kier molecular flexibility index (Phi) is 4.03. The van der Waals surface area contributed by atoms with E-state index in [1.807, 2.05) is 19.9 Å². The van der Waals surface area contributed by atoms with Gasteiger partial charge in [0.25, 0.3) is 0 Å². The molecule has 1 aliphatic carbocycles. The fourth-order valence-electron chi connectivity index (χ4n) is 3.00. The molecule has 1 aromatic rings. The maximum atomic E-state index is 10.5. The van der Waals surface area contributed by atoms with Crippen LogP contribution < -0.4 is 0 Å². The fraction of sp³-hybridized carbons (Fsp3) is 0.667. The molecule has 0 saturated carbocycles. The number of aromatic nitrogens is 1. The van der Waals surface area contributed by atoms with E-state index in [1.165, 1.54) is 5.56 Å². The van der Waals surface area contributed by atoms with Crippen LogP contribution in [-0.4, -0.2) is 26.9 Å². The maximum absolute atomic E-state index is 10.5. The van der Waals surface area contributed by atoms with Crippen LogP contribution >= 0.6 is 0 Å². The van der Waals surface area contributed by atoms with Gasteiger partial charge in [0.05, 0.1) is 11.7 Å². The van der Waals surface area contributed by atoms with Crippen molar-refractivity contribution < 1.29 is 10.2 Å². The van der Waals surface area contributed by atoms with Crippen LogP contribution in [-0.2, 0) is 6.42 Å². The van der Waals surface area contributed by atoms with Gasteiger partial charge in [-0.2, -0.15) is 0 Å². The molecule has 2 unspecified atom stereocenters. The number of rotatable bonds is 4. The molecule has 3 nitrogen and oxygen atoms in total. The molecule has 2 N–H and O–H groups in total. The largest absolute Gasteiger partial charge is 0.389 e. The van der Waals surface area contributed by atoms with Gasteiger partial charge in [0, 0.05) is 17.8 Å². The van der Waals surface area contributed by atoms with Gasteiger partial charge in [-0.15, -0.1) is 0 Å². The molecular formula is C15H23NO2. The first kappa shape index (κ1) is 13.5. The molecule has 1 aliphatic rings. The van der Waals surface area contributed by atoms with E-state index in [-0.39, 0.29) is 5.92 Å². The van der Waals surface area contributed by atoms with Crippen molar-refractivity contribution in [2.75, 3.05) is 0 Å². The molecule has 3 heteroatoms. The summed E-state index contributed by atoms with van der Waals surface area (Å²) in [6, 6.07) is 4.03. The minimum absolute atomic E-state index is 0.0279. The second-order valence-electron chi connectivity index (χ2n) is 5.30. The summed E-state index contributed by atoms with van der Waals surface area (Å²) in [5.41, 5.74) is 1.22. The Bertz CT molecular complexity index is 401. The lowest BCUT2D eigenvalue weighted by atomic mass is 9.75. The van der Waals surface area contributed by atoms with Gasteiger partial charge in [0.2, 0.25) is 0 Å². The number of aliphatic hydroxyl groups is 2. The lowest BCUT2D eigenvalue weighted by Gasteiger charge is -2.38. The Morgan fingerprint density at radius 3 is 2.83 bits per heavy atom. The highest BCUT2D eigenvalue weighted by atomic mass is 16.3. The number of hydrogen-bond donors (Lipinski definition) is 2. The monoisotopic (exact) mass is 249 g/mol. The minimum atomic E-state index is -0.989. The van der Waals surface area contributed by atoms with E-state index < -0.39 is 11.7 Å². The van der Waals surface area contributed by atoms with Gasteiger partial charge in [0.1, 0.15) is 0 Å². The zero-order valence-corrected chi connectivity index (χ0v) is 11.3. The van der Waals surface area contributed by atoms with E-state index in [0.717, 1.165) is 25.0 Å². The fourth-order valence-corrected chi connectivity index (χ4v) is 3.00. The topological polar surface area (TPSA) is 53.4 Å². The third kappa shape index (κ3) is 2.29. The Balaban J connectivity index is 2.30. The number of hydrogen-bond acceptors (Lipinski definition) is 3. The Hall–Kier alpha value is -0.930. The summed E-state index contributed by atoms with van der Waals surface area (Å²) in [4.78, 5) is 4.43. The SMILES string of the molecule is CCC(O)(CC)C(O)C1CCCc2cccnc21. The number of aryl methyl sites for hydroxylation is 1. The van der Waals surface area contributed by atoms with E-state index in [4.69, 9.17) is 0 Å². The highest BCUT2D eigenvalue weighted by Gasteiger charge is 2.40. The average molecular weight is 249 g/mol. The molecule has 2 rings (SSSR count). The predicted molar refractivity (Wildman–Crippen MR) is 71.5 cm³/mol. The van der Waals surface area contributed by atoms with Crippen molar-refractivity contribution in [2.24, 2.45) is 0 Å². The standard InChI is InChI=1S/C15H23NO2/c1-3-15(18,4-2)14(17)12-9-5-7-11-8-6-10-16-13(11)12/h6,8,10,12,14,17-18H,3-5,7,9H2,1-2H3. The number of aliphatic hydroxyl groups excluding tert-OH is 1. The van der Waals surface area contributed by atoms with Crippen LogP contribution in [0.3, 0.4) is 0 Å². The molecule has 0 radical (unpaired) electrons. The quantitative estimate of drug-likeness (QED) is 0.861. The summed E-state index contributed by atoms with van der Waals surface area (Å²) >= 11 is 0. The van der Waals surface area contributed by atoms with E-state index in [9.17, 15) is 10.2 Å². The third-order valence-corrected chi connectivity index (χ3v) is 4.39. The van der Waals surface area contributed by atoms with Gasteiger partial charge < -0.3 is 10.2 Å². The van der Waals surface area contributed by atoms with Gasteiger partial charge >= 0.3 is 0 Å². The summed E-state index contributed by atoms with van der Waals surface area (Å²) in [5, 5.41) is 21.0. The van der Waals surface area contributed by atoms with Crippen molar-refractivity contribution in [3.05, 3.63) is 29.6 Å². The molecule has 0 bridgehead atoms. The summed E-state index contributed by atoms with van der Waals surface area (Å²) < 4.78 is 0. The van der Waals surface area contributed by atoms with E-state index in [1.54, 1.807) is 6.20 Å². The Morgan fingerprint density at radius 2 is 2.17 bits per heavy atom. The highest BCUT2D eigenvalue weighted by Crippen LogP contribution is 2.38. The van der Waals surface area contributed by atoms with Gasteiger partial charge in [0.15, 0.2) is 0 Å². The summed E-state index contributed by atoms with van der Waals surface area (Å²) in [7, 11) is 0. The van der Waals surface area contributed by atoms with E-state index >= 15 is 0 Å². The molecule has 0 spiro atoms. The summed E-state index contributed by atoms with van der Waals surface area (Å²) in [6.07, 6.45) is 5.20. The molecule has 1 aromatic heterocycles. The molecule has 18 heavy (non-hydrogen) atoms. The zero-order valence-electron chi connectivity index (χ0n) is 11.3. The lowest BCUT2D eigenvalue weighted by Crippen LogP contribution is -2.45.